The van der Waals surface area contributed by atoms with Gasteiger partial charge in [0.1, 0.15) is 5.75 Å². The van der Waals surface area contributed by atoms with Crippen molar-refractivity contribution < 1.29 is 9.84 Å². The van der Waals surface area contributed by atoms with Gasteiger partial charge in [0.25, 0.3) is 0 Å². The number of rotatable bonds is 4. The molecule has 2 rings (SSSR count). The van der Waals surface area contributed by atoms with Gasteiger partial charge in [-0.25, -0.2) is 0 Å². The Morgan fingerprint density at radius 3 is 3.00 bits per heavy atom. The number of ether oxygens (including phenoxy) is 1. The van der Waals surface area contributed by atoms with E-state index >= 15 is 0 Å². The van der Waals surface area contributed by atoms with Gasteiger partial charge in [-0.1, -0.05) is 12.1 Å². The zero-order chi connectivity index (χ0) is 12.3. The fraction of sp³-hybridized carbons (Fsp3) is 0.571. The number of nitrogens with one attached hydrogen (secondary N) is 1. The maximum atomic E-state index is 10.4. The Balaban J connectivity index is 2.14. The van der Waals surface area contributed by atoms with Crippen LogP contribution in [-0.2, 0) is 0 Å². The summed E-state index contributed by atoms with van der Waals surface area (Å²) in [6.45, 7) is 3.09. The summed E-state index contributed by atoms with van der Waals surface area (Å²) in [5.74, 6) is 0.787. The molecule has 0 aromatic heterocycles. The summed E-state index contributed by atoms with van der Waals surface area (Å²) in [7, 11) is 1.65. The summed E-state index contributed by atoms with van der Waals surface area (Å²) in [6, 6.07) is 6.32. The highest BCUT2D eigenvalue weighted by Crippen LogP contribution is 2.32. The maximum absolute atomic E-state index is 10.4. The van der Waals surface area contributed by atoms with E-state index in [1.807, 2.05) is 25.1 Å². The molecule has 0 saturated carbocycles. The Kier molecular flexibility index (Phi) is 4.02. The van der Waals surface area contributed by atoms with Crippen molar-refractivity contribution in [3.05, 3.63) is 29.3 Å². The van der Waals surface area contributed by atoms with Crippen molar-refractivity contribution in [1.82, 2.24) is 5.32 Å². The molecule has 0 bridgehead atoms. The highest BCUT2D eigenvalue weighted by atomic mass is 16.5. The van der Waals surface area contributed by atoms with Crippen molar-refractivity contribution in [3.63, 3.8) is 0 Å². The van der Waals surface area contributed by atoms with Gasteiger partial charge in [0.05, 0.1) is 13.2 Å². The second-order valence-corrected chi connectivity index (χ2v) is 4.74. The molecule has 2 N–H and O–H groups in total. The summed E-state index contributed by atoms with van der Waals surface area (Å²) < 4.78 is 5.33. The van der Waals surface area contributed by atoms with Crippen LogP contribution in [0.2, 0.25) is 0 Å². The normalized spacial score (nSPS) is 21.5. The minimum Gasteiger partial charge on any atom is -0.496 e. The molecule has 2 unspecified atom stereocenters. The predicted molar refractivity (Wildman–Crippen MR) is 68.3 cm³/mol. The fourth-order valence-corrected chi connectivity index (χ4v) is 2.60. The van der Waals surface area contributed by atoms with E-state index < -0.39 is 6.10 Å². The number of aliphatic hydroxyl groups is 1. The molecule has 0 aliphatic carbocycles. The summed E-state index contributed by atoms with van der Waals surface area (Å²) in [5.41, 5.74) is 2.03. The molecule has 1 aliphatic heterocycles. The molecule has 1 aromatic carbocycles. The summed E-state index contributed by atoms with van der Waals surface area (Å²) in [4.78, 5) is 0. The molecule has 2 atom stereocenters. The monoisotopic (exact) mass is 235 g/mol. The Morgan fingerprint density at radius 2 is 2.35 bits per heavy atom. The molecule has 17 heavy (non-hydrogen) atoms. The number of benzene rings is 1. The Bertz CT molecular complexity index is 372. The van der Waals surface area contributed by atoms with Crippen LogP contribution >= 0.6 is 0 Å². The van der Waals surface area contributed by atoms with Crippen molar-refractivity contribution in [1.29, 1.82) is 0 Å². The van der Waals surface area contributed by atoms with E-state index in [0.717, 1.165) is 36.3 Å². The lowest BCUT2D eigenvalue weighted by atomic mass is 9.96. The average molecular weight is 235 g/mol. The van der Waals surface area contributed by atoms with Crippen LogP contribution in [0.1, 0.15) is 36.5 Å². The lowest BCUT2D eigenvalue weighted by Crippen LogP contribution is -2.24. The molecule has 1 aromatic rings. The van der Waals surface area contributed by atoms with Crippen LogP contribution in [0.25, 0.3) is 0 Å². The Labute approximate surface area is 103 Å². The number of methoxy groups -OCH3 is 1. The summed E-state index contributed by atoms with van der Waals surface area (Å²) in [6.07, 6.45) is 2.69. The topological polar surface area (TPSA) is 41.5 Å². The van der Waals surface area contributed by atoms with Gasteiger partial charge >= 0.3 is 0 Å². The number of aliphatic hydroxyl groups excluding tert-OH is 1. The minimum absolute atomic E-state index is 0.439. The molecule has 1 aliphatic rings. The van der Waals surface area contributed by atoms with Gasteiger partial charge in [-0.05, 0) is 44.4 Å². The van der Waals surface area contributed by atoms with E-state index in [4.69, 9.17) is 4.74 Å². The molecule has 1 heterocycles. The van der Waals surface area contributed by atoms with E-state index in [-0.39, 0.29) is 0 Å². The number of aryl methyl sites for hydroxylation is 1. The Hall–Kier alpha value is -1.06. The van der Waals surface area contributed by atoms with Crippen LogP contribution in [0, 0.1) is 6.92 Å². The summed E-state index contributed by atoms with van der Waals surface area (Å²) in [5, 5.41) is 13.8. The van der Waals surface area contributed by atoms with Gasteiger partial charge < -0.3 is 15.2 Å². The lowest BCUT2D eigenvalue weighted by Gasteiger charge is -2.20. The summed E-state index contributed by atoms with van der Waals surface area (Å²) >= 11 is 0. The van der Waals surface area contributed by atoms with Crippen LogP contribution in [0.5, 0.6) is 5.75 Å². The molecule has 0 spiro atoms. The van der Waals surface area contributed by atoms with Gasteiger partial charge in [-0.15, -0.1) is 0 Å². The third-order valence-corrected chi connectivity index (χ3v) is 3.51. The van der Waals surface area contributed by atoms with Crippen LogP contribution in [0.15, 0.2) is 18.2 Å². The third kappa shape index (κ3) is 2.79. The SMILES string of the molecule is COc1cccc(C)c1C(O)CC1CCCN1. The van der Waals surface area contributed by atoms with Gasteiger partial charge in [-0.3, -0.25) is 0 Å². The Morgan fingerprint density at radius 1 is 1.53 bits per heavy atom. The van der Waals surface area contributed by atoms with Gasteiger partial charge in [0, 0.05) is 11.6 Å². The maximum Gasteiger partial charge on any atom is 0.124 e. The van der Waals surface area contributed by atoms with Crippen molar-refractivity contribution in [2.75, 3.05) is 13.7 Å². The lowest BCUT2D eigenvalue weighted by molar-refractivity contribution is 0.150. The van der Waals surface area contributed by atoms with E-state index in [9.17, 15) is 5.11 Å². The fourth-order valence-electron chi connectivity index (χ4n) is 2.60. The first kappa shape index (κ1) is 12.4. The van der Waals surface area contributed by atoms with E-state index in [2.05, 4.69) is 5.32 Å². The van der Waals surface area contributed by atoms with Gasteiger partial charge in [0.2, 0.25) is 0 Å². The first-order valence-corrected chi connectivity index (χ1v) is 6.27. The van der Waals surface area contributed by atoms with Gasteiger partial charge in [0.15, 0.2) is 0 Å². The molecule has 3 heteroatoms. The van der Waals surface area contributed by atoms with Crippen molar-refractivity contribution in [2.24, 2.45) is 0 Å². The van der Waals surface area contributed by atoms with Gasteiger partial charge in [-0.2, -0.15) is 0 Å². The van der Waals surface area contributed by atoms with E-state index in [1.54, 1.807) is 7.11 Å². The second kappa shape index (κ2) is 5.52. The van der Waals surface area contributed by atoms with Crippen molar-refractivity contribution in [3.8, 4) is 5.75 Å². The molecule has 94 valence electrons. The standard InChI is InChI=1S/C14H21NO2/c1-10-5-3-7-13(17-2)14(10)12(16)9-11-6-4-8-15-11/h3,5,7,11-12,15-16H,4,6,8-9H2,1-2H3. The number of hydrogen-bond acceptors (Lipinski definition) is 3. The van der Waals surface area contributed by atoms with E-state index in [1.165, 1.54) is 6.42 Å². The first-order chi connectivity index (χ1) is 8.22. The molecule has 0 radical (unpaired) electrons. The van der Waals surface area contributed by atoms with E-state index in [0.29, 0.717) is 6.04 Å². The highest BCUT2D eigenvalue weighted by molar-refractivity contribution is 5.41. The zero-order valence-corrected chi connectivity index (χ0v) is 10.6. The minimum atomic E-state index is -0.443. The zero-order valence-electron chi connectivity index (χ0n) is 10.6. The highest BCUT2D eigenvalue weighted by Gasteiger charge is 2.22. The van der Waals surface area contributed by atoms with Crippen LogP contribution < -0.4 is 10.1 Å². The van der Waals surface area contributed by atoms with Crippen LogP contribution in [-0.4, -0.2) is 24.8 Å². The second-order valence-electron chi connectivity index (χ2n) is 4.74. The molecular formula is C14H21NO2. The molecule has 1 fully saturated rings. The van der Waals surface area contributed by atoms with Crippen molar-refractivity contribution in [2.45, 2.75) is 38.3 Å². The van der Waals surface area contributed by atoms with Crippen LogP contribution in [0.3, 0.4) is 0 Å². The first-order valence-electron chi connectivity index (χ1n) is 6.27. The molecule has 1 saturated heterocycles. The largest absolute Gasteiger partial charge is 0.496 e. The number of hydrogen-bond donors (Lipinski definition) is 2. The smallest absolute Gasteiger partial charge is 0.124 e. The molecule has 0 amide bonds. The molecular weight excluding hydrogens is 214 g/mol. The predicted octanol–water partition coefficient (Wildman–Crippen LogP) is 2.18. The van der Waals surface area contributed by atoms with Crippen LogP contribution in [0.4, 0.5) is 0 Å². The third-order valence-electron chi connectivity index (χ3n) is 3.51. The molecule has 3 nitrogen and oxygen atoms in total. The average Bonchev–Trinajstić information content (AvgIpc) is 2.81. The quantitative estimate of drug-likeness (QED) is 0.840. The van der Waals surface area contributed by atoms with Crippen molar-refractivity contribution >= 4 is 0 Å².